The van der Waals surface area contributed by atoms with Crippen LogP contribution < -0.4 is 21.3 Å². The number of carbonyl (C=O) groups excluding carboxylic acids is 1. The Balaban J connectivity index is 1.64. The average Bonchev–Trinajstić information content (AvgIpc) is 3.26. The van der Waals surface area contributed by atoms with E-state index in [1.165, 1.54) is 4.57 Å². The van der Waals surface area contributed by atoms with E-state index in [1.54, 1.807) is 61.7 Å². The molecule has 0 fully saturated rings. The maximum absolute atomic E-state index is 13.6. The van der Waals surface area contributed by atoms with Gasteiger partial charge in [-0.1, -0.05) is 42.5 Å². The first-order valence-electron chi connectivity index (χ1n) is 11.1. The van der Waals surface area contributed by atoms with Crippen molar-refractivity contribution in [2.75, 3.05) is 12.4 Å². The van der Waals surface area contributed by atoms with Gasteiger partial charge in [-0.05, 0) is 48.4 Å². The summed E-state index contributed by atoms with van der Waals surface area (Å²) in [6, 6.07) is 21.5. The molecule has 0 saturated heterocycles. The van der Waals surface area contributed by atoms with Crippen LogP contribution in [0, 0.1) is 6.92 Å². The molecule has 0 aliphatic rings. The molecule has 8 heteroatoms. The number of fused-ring (bicyclic) bond motifs is 3. The third-order valence-electron chi connectivity index (χ3n) is 5.96. The molecule has 0 saturated carbocycles. The lowest BCUT2D eigenvalue weighted by Crippen LogP contribution is -2.41. The van der Waals surface area contributed by atoms with E-state index in [-0.39, 0.29) is 24.6 Å². The molecule has 0 unspecified atom stereocenters. The van der Waals surface area contributed by atoms with Gasteiger partial charge in [-0.15, -0.1) is 0 Å². The highest BCUT2D eigenvalue weighted by molar-refractivity contribution is 6.03. The highest BCUT2D eigenvalue weighted by atomic mass is 16.5. The molecular weight excluding hydrogens is 446 g/mol. The van der Waals surface area contributed by atoms with E-state index in [0.29, 0.717) is 27.9 Å². The number of nitrogens with zero attached hydrogens (tertiary/aromatic N) is 2. The summed E-state index contributed by atoms with van der Waals surface area (Å²) in [4.78, 5) is 40.0. The molecule has 2 aromatic heterocycles. The zero-order valence-corrected chi connectivity index (χ0v) is 19.3. The highest BCUT2D eigenvalue weighted by Crippen LogP contribution is 2.26. The van der Waals surface area contributed by atoms with Gasteiger partial charge in [-0.3, -0.25) is 18.7 Å². The number of nitrogens with one attached hydrogen (secondary N) is 1. The highest BCUT2D eigenvalue weighted by Gasteiger charge is 2.21. The number of aryl methyl sites for hydroxylation is 1. The summed E-state index contributed by atoms with van der Waals surface area (Å²) in [5.41, 5.74) is 1.95. The van der Waals surface area contributed by atoms with Crippen LogP contribution in [0.25, 0.3) is 22.1 Å². The fourth-order valence-electron chi connectivity index (χ4n) is 4.14. The predicted molar refractivity (Wildman–Crippen MR) is 134 cm³/mol. The van der Waals surface area contributed by atoms with Crippen LogP contribution in [-0.2, 0) is 17.9 Å². The molecule has 5 aromatic rings. The zero-order chi connectivity index (χ0) is 24.5. The van der Waals surface area contributed by atoms with Crippen molar-refractivity contribution in [3.05, 3.63) is 105 Å². The number of anilines is 1. The Hall–Kier alpha value is -4.59. The Morgan fingerprint density at radius 2 is 1.66 bits per heavy atom. The number of amides is 1. The molecule has 5 rings (SSSR count). The van der Waals surface area contributed by atoms with Gasteiger partial charge in [0.15, 0.2) is 0 Å². The average molecular weight is 469 g/mol. The molecule has 0 aliphatic carbocycles. The van der Waals surface area contributed by atoms with E-state index in [0.717, 1.165) is 15.7 Å². The summed E-state index contributed by atoms with van der Waals surface area (Å²) >= 11 is 0. The fraction of sp³-hybridized carbons (Fsp3) is 0.148. The van der Waals surface area contributed by atoms with Crippen LogP contribution in [0.15, 0.2) is 86.8 Å². The lowest BCUT2D eigenvalue weighted by Gasteiger charge is -2.13. The molecule has 2 heterocycles. The predicted octanol–water partition coefficient (Wildman–Crippen LogP) is 3.91. The molecule has 0 atom stereocenters. The Bertz CT molecular complexity index is 1680. The Morgan fingerprint density at radius 1 is 0.943 bits per heavy atom. The topological polar surface area (TPSA) is 95.5 Å². The lowest BCUT2D eigenvalue weighted by atomic mass is 10.2. The maximum atomic E-state index is 13.6. The van der Waals surface area contributed by atoms with Gasteiger partial charge in [0, 0.05) is 11.1 Å². The van der Waals surface area contributed by atoms with E-state index in [9.17, 15) is 14.4 Å². The van der Waals surface area contributed by atoms with E-state index < -0.39 is 11.2 Å². The van der Waals surface area contributed by atoms with Crippen molar-refractivity contribution in [2.24, 2.45) is 0 Å². The molecule has 1 N–H and O–H groups in total. The molecule has 0 spiro atoms. The molecule has 0 aliphatic heterocycles. The number of para-hydroxylation sites is 2. The van der Waals surface area contributed by atoms with E-state index in [1.807, 2.05) is 25.1 Å². The first kappa shape index (κ1) is 22.2. The minimum atomic E-state index is -0.593. The lowest BCUT2D eigenvalue weighted by molar-refractivity contribution is -0.116. The first-order valence-corrected chi connectivity index (χ1v) is 11.1. The monoisotopic (exact) mass is 469 g/mol. The molecule has 35 heavy (non-hydrogen) atoms. The number of ether oxygens (including phenoxy) is 1. The molecule has 176 valence electrons. The van der Waals surface area contributed by atoms with Gasteiger partial charge in [0.2, 0.25) is 11.5 Å². The van der Waals surface area contributed by atoms with Crippen molar-refractivity contribution >= 4 is 33.7 Å². The van der Waals surface area contributed by atoms with Crippen molar-refractivity contribution in [1.29, 1.82) is 0 Å². The number of hydrogen-bond donors (Lipinski definition) is 1. The van der Waals surface area contributed by atoms with Gasteiger partial charge >= 0.3 is 5.69 Å². The minimum Gasteiger partial charge on any atom is -0.497 e. The number of carbonyl (C=O) groups is 1. The van der Waals surface area contributed by atoms with Crippen LogP contribution in [0.2, 0.25) is 0 Å². The van der Waals surface area contributed by atoms with Gasteiger partial charge in [-0.2, -0.15) is 0 Å². The normalized spacial score (nSPS) is 11.1. The summed E-state index contributed by atoms with van der Waals surface area (Å²) in [6.07, 6.45) is 0. The standard InChI is InChI=1S/C27H23N3O5/c1-17-7-3-5-9-21(17)28-23(31)16-29-24-20-8-4-6-10-22(20)35-25(24)26(32)30(27(29)33)15-18-11-13-19(34-2)14-12-18/h3-14H,15-16H2,1-2H3,(H,28,31). The summed E-state index contributed by atoms with van der Waals surface area (Å²) < 4.78 is 13.4. The third-order valence-corrected chi connectivity index (χ3v) is 5.96. The summed E-state index contributed by atoms with van der Waals surface area (Å²) in [7, 11) is 1.57. The van der Waals surface area contributed by atoms with E-state index >= 15 is 0 Å². The molecular formula is C27H23N3O5. The molecule has 1 amide bonds. The Labute approximate surface area is 200 Å². The first-order chi connectivity index (χ1) is 17.0. The van der Waals surface area contributed by atoms with Crippen molar-refractivity contribution in [2.45, 2.75) is 20.0 Å². The summed E-state index contributed by atoms with van der Waals surface area (Å²) in [5, 5.41) is 3.45. The summed E-state index contributed by atoms with van der Waals surface area (Å²) in [5.74, 6) is 0.279. The number of rotatable bonds is 6. The van der Waals surface area contributed by atoms with Crippen molar-refractivity contribution in [1.82, 2.24) is 9.13 Å². The zero-order valence-electron chi connectivity index (χ0n) is 19.3. The third kappa shape index (κ3) is 4.10. The van der Waals surface area contributed by atoms with Crippen molar-refractivity contribution < 1.29 is 13.9 Å². The van der Waals surface area contributed by atoms with Gasteiger partial charge < -0.3 is 14.5 Å². The van der Waals surface area contributed by atoms with Crippen LogP contribution in [0.5, 0.6) is 5.75 Å². The van der Waals surface area contributed by atoms with Crippen molar-refractivity contribution in [3.63, 3.8) is 0 Å². The van der Waals surface area contributed by atoms with Gasteiger partial charge in [-0.25, -0.2) is 4.79 Å². The van der Waals surface area contributed by atoms with Crippen molar-refractivity contribution in [3.8, 4) is 5.75 Å². The van der Waals surface area contributed by atoms with Crippen LogP contribution >= 0.6 is 0 Å². The fourth-order valence-corrected chi connectivity index (χ4v) is 4.14. The van der Waals surface area contributed by atoms with Gasteiger partial charge in [0.1, 0.15) is 23.4 Å². The quantitative estimate of drug-likeness (QED) is 0.407. The Morgan fingerprint density at radius 3 is 2.40 bits per heavy atom. The number of benzene rings is 3. The van der Waals surface area contributed by atoms with Gasteiger partial charge in [0.05, 0.1) is 13.7 Å². The SMILES string of the molecule is COc1ccc(Cn2c(=O)c3oc4ccccc4c3n(CC(=O)Nc3ccccc3C)c2=O)cc1. The number of hydrogen-bond acceptors (Lipinski definition) is 5. The van der Waals surface area contributed by atoms with Gasteiger partial charge in [0.25, 0.3) is 5.56 Å². The molecule has 0 bridgehead atoms. The minimum absolute atomic E-state index is 0.0219. The second-order valence-electron chi connectivity index (χ2n) is 8.25. The largest absolute Gasteiger partial charge is 0.497 e. The molecule has 3 aromatic carbocycles. The van der Waals surface area contributed by atoms with E-state index in [4.69, 9.17) is 9.15 Å². The molecule has 8 nitrogen and oxygen atoms in total. The van der Waals surface area contributed by atoms with E-state index in [2.05, 4.69) is 5.32 Å². The second-order valence-corrected chi connectivity index (χ2v) is 8.25. The van der Waals surface area contributed by atoms with Crippen LogP contribution in [0.3, 0.4) is 0 Å². The number of furan rings is 1. The number of methoxy groups -OCH3 is 1. The Kier molecular flexibility index (Phi) is 5.70. The smallest absolute Gasteiger partial charge is 0.332 e. The molecule has 0 radical (unpaired) electrons. The van der Waals surface area contributed by atoms with Crippen LogP contribution in [-0.4, -0.2) is 22.2 Å². The van der Waals surface area contributed by atoms with Crippen LogP contribution in [0.4, 0.5) is 5.69 Å². The maximum Gasteiger partial charge on any atom is 0.332 e. The summed E-state index contributed by atoms with van der Waals surface area (Å²) in [6.45, 7) is 1.63. The second kappa shape index (κ2) is 8.98. The number of aromatic nitrogens is 2. The van der Waals surface area contributed by atoms with Crippen LogP contribution in [0.1, 0.15) is 11.1 Å².